The van der Waals surface area contributed by atoms with Crippen molar-refractivity contribution >= 4 is 28.8 Å². The maximum Gasteiger partial charge on any atom is 0.243 e. The van der Waals surface area contributed by atoms with E-state index in [-0.39, 0.29) is 30.6 Å². The quantitative estimate of drug-likeness (QED) is 0.661. The number of para-hydroxylation sites is 1. The summed E-state index contributed by atoms with van der Waals surface area (Å²) in [5.41, 5.74) is 3.99. The van der Waals surface area contributed by atoms with Crippen LogP contribution in [0.25, 0.3) is 10.6 Å². The van der Waals surface area contributed by atoms with Crippen molar-refractivity contribution in [3.05, 3.63) is 70.5 Å². The van der Waals surface area contributed by atoms with Crippen LogP contribution < -0.4 is 5.32 Å². The number of aryl methyl sites for hydroxylation is 2. The number of aromatic nitrogens is 1. The molecule has 0 aliphatic carbocycles. The second-order valence-electron chi connectivity index (χ2n) is 6.90. The molecule has 0 unspecified atom stereocenters. The fourth-order valence-corrected chi connectivity index (χ4v) is 3.74. The molecule has 0 bridgehead atoms. The van der Waals surface area contributed by atoms with E-state index in [1.165, 1.54) is 28.4 Å². The summed E-state index contributed by atoms with van der Waals surface area (Å²) >= 11 is 1.36. The lowest BCUT2D eigenvalue weighted by atomic mass is 10.1. The fraction of sp³-hybridized carbons (Fsp3) is 0.227. The molecular formula is C22H22FN3O2S. The summed E-state index contributed by atoms with van der Waals surface area (Å²) in [4.78, 5) is 30.6. The SMILES string of the molecule is Cc1cccc(C)c1NC(=O)CN(C)C(=O)Cc1csc(-c2cccc(F)c2)n1. The van der Waals surface area contributed by atoms with Crippen LogP contribution >= 0.6 is 11.3 Å². The highest BCUT2D eigenvalue weighted by Gasteiger charge is 2.16. The van der Waals surface area contributed by atoms with Crippen molar-refractivity contribution in [1.29, 1.82) is 0 Å². The van der Waals surface area contributed by atoms with Crippen molar-refractivity contribution < 1.29 is 14.0 Å². The number of benzene rings is 2. The van der Waals surface area contributed by atoms with Crippen LogP contribution in [0.15, 0.2) is 47.8 Å². The number of rotatable bonds is 6. The number of anilines is 1. The van der Waals surface area contributed by atoms with Gasteiger partial charge in [0.25, 0.3) is 0 Å². The molecule has 5 nitrogen and oxygen atoms in total. The first-order valence-electron chi connectivity index (χ1n) is 9.14. The molecule has 2 amide bonds. The molecule has 0 radical (unpaired) electrons. The van der Waals surface area contributed by atoms with Crippen LogP contribution in [-0.2, 0) is 16.0 Å². The lowest BCUT2D eigenvalue weighted by molar-refractivity contribution is -0.132. The van der Waals surface area contributed by atoms with Crippen LogP contribution in [0.4, 0.5) is 10.1 Å². The normalized spacial score (nSPS) is 10.6. The summed E-state index contributed by atoms with van der Waals surface area (Å²) in [6.45, 7) is 3.80. The first-order chi connectivity index (χ1) is 13.8. The second kappa shape index (κ2) is 8.96. The van der Waals surface area contributed by atoms with E-state index in [2.05, 4.69) is 10.3 Å². The highest BCUT2D eigenvalue weighted by molar-refractivity contribution is 7.13. The number of carbonyl (C=O) groups is 2. The van der Waals surface area contributed by atoms with Gasteiger partial charge in [0.1, 0.15) is 10.8 Å². The fourth-order valence-electron chi connectivity index (χ4n) is 2.93. The molecule has 1 heterocycles. The Bertz CT molecular complexity index is 1030. The lowest BCUT2D eigenvalue weighted by Crippen LogP contribution is -2.36. The van der Waals surface area contributed by atoms with E-state index in [4.69, 9.17) is 0 Å². The van der Waals surface area contributed by atoms with E-state index in [0.29, 0.717) is 16.3 Å². The molecule has 0 aliphatic rings. The molecule has 3 rings (SSSR count). The standard InChI is InChI=1S/C22H22FN3O2S/c1-14-6-4-7-15(2)21(14)25-19(27)12-26(3)20(28)11-18-13-29-22(24-18)16-8-5-9-17(23)10-16/h4-10,13H,11-12H2,1-3H3,(H,25,27). The van der Waals surface area contributed by atoms with Crippen LogP contribution in [0.1, 0.15) is 16.8 Å². The van der Waals surface area contributed by atoms with Gasteiger partial charge in [-0.25, -0.2) is 9.37 Å². The lowest BCUT2D eigenvalue weighted by Gasteiger charge is -2.17. The molecule has 0 atom stereocenters. The summed E-state index contributed by atoms with van der Waals surface area (Å²) < 4.78 is 13.4. The maximum atomic E-state index is 13.4. The largest absolute Gasteiger partial charge is 0.336 e. The Kier molecular flexibility index (Phi) is 6.39. The van der Waals surface area contributed by atoms with Gasteiger partial charge in [-0.2, -0.15) is 0 Å². The molecule has 0 saturated carbocycles. The summed E-state index contributed by atoms with van der Waals surface area (Å²) in [6.07, 6.45) is 0.0823. The Morgan fingerprint density at radius 1 is 1.14 bits per heavy atom. The predicted octanol–water partition coefficient (Wildman–Crippen LogP) is 4.21. The van der Waals surface area contributed by atoms with E-state index >= 15 is 0 Å². The van der Waals surface area contributed by atoms with Crippen LogP contribution in [0, 0.1) is 19.7 Å². The highest BCUT2D eigenvalue weighted by atomic mass is 32.1. The highest BCUT2D eigenvalue weighted by Crippen LogP contribution is 2.24. The molecule has 3 aromatic rings. The Morgan fingerprint density at radius 3 is 2.52 bits per heavy atom. The van der Waals surface area contributed by atoms with E-state index in [0.717, 1.165) is 16.8 Å². The van der Waals surface area contributed by atoms with Gasteiger partial charge in [0.15, 0.2) is 0 Å². The van der Waals surface area contributed by atoms with Gasteiger partial charge in [-0.05, 0) is 37.1 Å². The van der Waals surface area contributed by atoms with Crippen LogP contribution in [0.5, 0.6) is 0 Å². The van der Waals surface area contributed by atoms with Gasteiger partial charge in [-0.3, -0.25) is 9.59 Å². The molecule has 0 saturated heterocycles. The third-order valence-corrected chi connectivity index (χ3v) is 5.45. The van der Waals surface area contributed by atoms with Crippen molar-refractivity contribution in [2.75, 3.05) is 18.9 Å². The summed E-state index contributed by atoms with van der Waals surface area (Å²) in [5.74, 6) is -0.792. The van der Waals surface area contributed by atoms with E-state index in [9.17, 15) is 14.0 Å². The van der Waals surface area contributed by atoms with Gasteiger partial charge in [0, 0.05) is 23.7 Å². The molecule has 1 N–H and O–H groups in total. The van der Waals surface area contributed by atoms with Crippen molar-refractivity contribution in [3.8, 4) is 10.6 Å². The average Bonchev–Trinajstić information content (AvgIpc) is 3.13. The van der Waals surface area contributed by atoms with Crippen molar-refractivity contribution in [2.45, 2.75) is 20.3 Å². The van der Waals surface area contributed by atoms with Crippen molar-refractivity contribution in [2.24, 2.45) is 0 Å². The molecule has 0 fully saturated rings. The van der Waals surface area contributed by atoms with Gasteiger partial charge in [-0.15, -0.1) is 11.3 Å². The molecule has 1 aromatic heterocycles. The number of halogens is 1. The minimum atomic E-state index is -0.329. The Hall–Kier alpha value is -3.06. The Labute approximate surface area is 173 Å². The summed E-state index contributed by atoms with van der Waals surface area (Å²) in [7, 11) is 1.59. The van der Waals surface area contributed by atoms with Crippen LogP contribution in [0.3, 0.4) is 0 Å². The summed E-state index contributed by atoms with van der Waals surface area (Å²) in [5, 5.41) is 5.31. The van der Waals surface area contributed by atoms with Crippen molar-refractivity contribution in [1.82, 2.24) is 9.88 Å². The molecule has 0 spiro atoms. The Morgan fingerprint density at radius 2 is 1.83 bits per heavy atom. The van der Waals surface area contributed by atoms with Crippen LogP contribution in [-0.4, -0.2) is 35.3 Å². The number of hydrogen-bond donors (Lipinski definition) is 1. The van der Waals surface area contributed by atoms with Gasteiger partial charge >= 0.3 is 0 Å². The monoisotopic (exact) mass is 411 g/mol. The number of hydrogen-bond acceptors (Lipinski definition) is 4. The van der Waals surface area contributed by atoms with Gasteiger partial charge < -0.3 is 10.2 Å². The number of nitrogens with zero attached hydrogens (tertiary/aromatic N) is 2. The Balaban J connectivity index is 1.59. The molecule has 7 heteroatoms. The van der Waals surface area contributed by atoms with E-state index in [1.54, 1.807) is 24.6 Å². The number of carbonyl (C=O) groups excluding carboxylic acids is 2. The maximum absolute atomic E-state index is 13.4. The number of likely N-dealkylation sites (N-methyl/N-ethyl adjacent to an activating group) is 1. The van der Waals surface area contributed by atoms with Crippen molar-refractivity contribution in [3.63, 3.8) is 0 Å². The molecule has 2 aromatic carbocycles. The van der Waals surface area contributed by atoms with E-state index < -0.39 is 0 Å². The zero-order valence-electron chi connectivity index (χ0n) is 16.5. The van der Waals surface area contributed by atoms with Gasteiger partial charge in [0.05, 0.1) is 18.7 Å². The third kappa shape index (κ3) is 5.26. The van der Waals surface area contributed by atoms with Crippen LogP contribution in [0.2, 0.25) is 0 Å². The molecular weight excluding hydrogens is 389 g/mol. The molecule has 150 valence electrons. The zero-order valence-corrected chi connectivity index (χ0v) is 17.3. The third-order valence-electron chi connectivity index (χ3n) is 4.51. The smallest absolute Gasteiger partial charge is 0.243 e. The zero-order chi connectivity index (χ0) is 21.0. The number of amides is 2. The number of thiazole rings is 1. The summed E-state index contributed by atoms with van der Waals surface area (Å²) in [6, 6.07) is 12.0. The average molecular weight is 412 g/mol. The number of nitrogens with one attached hydrogen (secondary N) is 1. The van der Waals surface area contributed by atoms with E-state index in [1.807, 2.05) is 32.0 Å². The topological polar surface area (TPSA) is 62.3 Å². The minimum absolute atomic E-state index is 0.0481. The molecule has 29 heavy (non-hydrogen) atoms. The minimum Gasteiger partial charge on any atom is -0.336 e. The van der Waals surface area contributed by atoms with Gasteiger partial charge in [-0.1, -0.05) is 30.3 Å². The first-order valence-corrected chi connectivity index (χ1v) is 10.0. The second-order valence-corrected chi connectivity index (χ2v) is 7.75. The van der Waals surface area contributed by atoms with Gasteiger partial charge in [0.2, 0.25) is 11.8 Å². The molecule has 0 aliphatic heterocycles. The first kappa shape index (κ1) is 20.7. The predicted molar refractivity (Wildman–Crippen MR) is 113 cm³/mol.